The SMILES string of the molecule is COC(C)Cc1ccc(C(=O)Nc2cccc(Oc3ccc(C(C)C)cc3)c2)c(C)n1. The second kappa shape index (κ2) is 10.2. The summed E-state index contributed by atoms with van der Waals surface area (Å²) in [4.78, 5) is 17.3. The van der Waals surface area contributed by atoms with Crippen molar-refractivity contribution in [3.8, 4) is 11.5 Å². The lowest BCUT2D eigenvalue weighted by Crippen LogP contribution is -2.16. The van der Waals surface area contributed by atoms with Crippen molar-refractivity contribution in [3.63, 3.8) is 0 Å². The third kappa shape index (κ3) is 6.15. The first-order valence-electron chi connectivity index (χ1n) is 10.5. The van der Waals surface area contributed by atoms with Crippen LogP contribution in [0.4, 0.5) is 5.69 Å². The zero-order valence-electron chi connectivity index (χ0n) is 18.8. The highest BCUT2D eigenvalue weighted by atomic mass is 16.5. The molecule has 0 bridgehead atoms. The van der Waals surface area contributed by atoms with E-state index in [9.17, 15) is 4.79 Å². The van der Waals surface area contributed by atoms with Gasteiger partial charge < -0.3 is 14.8 Å². The summed E-state index contributed by atoms with van der Waals surface area (Å²) in [6, 6.07) is 19.1. The Kier molecular flexibility index (Phi) is 7.42. The normalized spacial score (nSPS) is 11.9. The maximum Gasteiger partial charge on any atom is 0.257 e. The summed E-state index contributed by atoms with van der Waals surface area (Å²) < 4.78 is 11.2. The van der Waals surface area contributed by atoms with E-state index in [1.807, 2.05) is 62.4 Å². The molecule has 0 fully saturated rings. The smallest absolute Gasteiger partial charge is 0.257 e. The van der Waals surface area contributed by atoms with Gasteiger partial charge >= 0.3 is 0 Å². The quantitative estimate of drug-likeness (QED) is 0.478. The van der Waals surface area contributed by atoms with Gasteiger partial charge in [-0.2, -0.15) is 0 Å². The second-order valence-electron chi connectivity index (χ2n) is 7.99. The molecular weight excluding hydrogens is 388 g/mol. The number of rotatable bonds is 8. The Bertz CT molecular complexity index is 1030. The molecule has 2 aromatic carbocycles. The van der Waals surface area contributed by atoms with E-state index in [0.29, 0.717) is 35.0 Å². The molecule has 1 heterocycles. The largest absolute Gasteiger partial charge is 0.457 e. The summed E-state index contributed by atoms with van der Waals surface area (Å²) in [5.41, 5.74) is 4.07. The van der Waals surface area contributed by atoms with Crippen molar-refractivity contribution in [3.05, 3.63) is 83.2 Å². The highest BCUT2D eigenvalue weighted by molar-refractivity contribution is 6.05. The molecule has 0 aliphatic carbocycles. The number of benzene rings is 2. The molecule has 0 radical (unpaired) electrons. The maximum absolute atomic E-state index is 12.8. The van der Waals surface area contributed by atoms with Crippen molar-refractivity contribution < 1.29 is 14.3 Å². The fourth-order valence-electron chi connectivity index (χ4n) is 3.24. The first-order chi connectivity index (χ1) is 14.9. The highest BCUT2D eigenvalue weighted by Crippen LogP contribution is 2.26. The zero-order valence-corrected chi connectivity index (χ0v) is 18.8. The molecule has 3 aromatic rings. The first kappa shape index (κ1) is 22.5. The molecule has 3 rings (SSSR count). The minimum Gasteiger partial charge on any atom is -0.457 e. The number of carbonyl (C=O) groups excluding carboxylic acids is 1. The highest BCUT2D eigenvalue weighted by Gasteiger charge is 2.13. The van der Waals surface area contributed by atoms with Gasteiger partial charge in [-0.1, -0.05) is 32.0 Å². The lowest BCUT2D eigenvalue weighted by Gasteiger charge is -2.12. The minimum absolute atomic E-state index is 0.0795. The Hall–Kier alpha value is -3.18. The predicted octanol–water partition coefficient (Wildman–Crippen LogP) is 6.14. The summed E-state index contributed by atoms with van der Waals surface area (Å²) >= 11 is 0. The molecule has 162 valence electrons. The van der Waals surface area contributed by atoms with E-state index < -0.39 is 0 Å². The Morgan fingerprint density at radius 3 is 2.39 bits per heavy atom. The second-order valence-corrected chi connectivity index (χ2v) is 7.99. The fraction of sp³-hybridized carbons (Fsp3) is 0.308. The van der Waals surface area contributed by atoms with E-state index in [4.69, 9.17) is 9.47 Å². The van der Waals surface area contributed by atoms with Gasteiger partial charge in [-0.15, -0.1) is 0 Å². The van der Waals surface area contributed by atoms with Crippen LogP contribution in [0.15, 0.2) is 60.7 Å². The fourth-order valence-corrected chi connectivity index (χ4v) is 3.24. The van der Waals surface area contributed by atoms with Crippen LogP contribution in [0, 0.1) is 6.92 Å². The Morgan fingerprint density at radius 2 is 1.74 bits per heavy atom. The lowest BCUT2D eigenvalue weighted by atomic mass is 10.0. The summed E-state index contributed by atoms with van der Waals surface area (Å²) in [7, 11) is 1.68. The van der Waals surface area contributed by atoms with Gasteiger partial charge in [-0.25, -0.2) is 0 Å². The third-order valence-corrected chi connectivity index (χ3v) is 5.16. The Balaban J connectivity index is 1.68. The van der Waals surface area contributed by atoms with Gasteiger partial charge in [0.05, 0.1) is 17.4 Å². The van der Waals surface area contributed by atoms with Gasteiger partial charge in [-0.3, -0.25) is 9.78 Å². The molecule has 0 spiro atoms. The van der Waals surface area contributed by atoms with Gasteiger partial charge in [0, 0.05) is 31.0 Å². The van der Waals surface area contributed by atoms with Crippen LogP contribution in [-0.4, -0.2) is 24.1 Å². The summed E-state index contributed by atoms with van der Waals surface area (Å²) in [5.74, 6) is 1.69. The van der Waals surface area contributed by atoms with Crippen molar-refractivity contribution >= 4 is 11.6 Å². The molecule has 1 N–H and O–H groups in total. The number of aromatic nitrogens is 1. The molecule has 0 aliphatic heterocycles. The van der Waals surface area contributed by atoms with Crippen molar-refractivity contribution in [2.45, 2.75) is 46.1 Å². The Morgan fingerprint density at radius 1 is 1.00 bits per heavy atom. The molecule has 1 atom stereocenters. The van der Waals surface area contributed by atoms with Crippen molar-refractivity contribution in [1.29, 1.82) is 0 Å². The number of hydrogen-bond donors (Lipinski definition) is 1. The first-order valence-corrected chi connectivity index (χ1v) is 10.5. The van der Waals surface area contributed by atoms with E-state index in [1.54, 1.807) is 7.11 Å². The average Bonchev–Trinajstić information content (AvgIpc) is 2.74. The number of hydrogen-bond acceptors (Lipinski definition) is 4. The summed E-state index contributed by atoms with van der Waals surface area (Å²) in [5, 5.41) is 2.94. The maximum atomic E-state index is 12.8. The zero-order chi connectivity index (χ0) is 22.4. The van der Waals surface area contributed by atoms with E-state index in [-0.39, 0.29) is 12.0 Å². The predicted molar refractivity (Wildman–Crippen MR) is 124 cm³/mol. The molecule has 1 aromatic heterocycles. The minimum atomic E-state index is -0.199. The molecule has 5 nitrogen and oxygen atoms in total. The number of amides is 1. The number of nitrogens with zero attached hydrogens (tertiary/aromatic N) is 1. The van der Waals surface area contributed by atoms with Gasteiger partial charge in [0.1, 0.15) is 11.5 Å². The van der Waals surface area contributed by atoms with Crippen molar-refractivity contribution in [2.75, 3.05) is 12.4 Å². The van der Waals surface area contributed by atoms with E-state index >= 15 is 0 Å². The number of pyridine rings is 1. The summed E-state index contributed by atoms with van der Waals surface area (Å²) in [6.45, 7) is 8.15. The van der Waals surface area contributed by atoms with E-state index in [2.05, 4.69) is 36.3 Å². The van der Waals surface area contributed by atoms with Crippen LogP contribution in [-0.2, 0) is 11.2 Å². The number of methoxy groups -OCH3 is 1. The molecule has 0 aliphatic rings. The van der Waals surface area contributed by atoms with Crippen LogP contribution in [0.25, 0.3) is 0 Å². The molecule has 31 heavy (non-hydrogen) atoms. The standard InChI is InChI=1S/C26H30N2O3/c1-17(2)20-9-12-23(13-10-20)31-24-8-6-7-21(16-24)28-26(29)25-14-11-22(27-19(25)4)15-18(3)30-5/h6-14,16-18H,15H2,1-5H3,(H,28,29). The number of carbonyl (C=O) groups is 1. The van der Waals surface area contributed by atoms with Crippen LogP contribution >= 0.6 is 0 Å². The third-order valence-electron chi connectivity index (χ3n) is 5.16. The van der Waals surface area contributed by atoms with Crippen LogP contribution in [0.2, 0.25) is 0 Å². The molecule has 5 heteroatoms. The van der Waals surface area contributed by atoms with Crippen LogP contribution < -0.4 is 10.1 Å². The van der Waals surface area contributed by atoms with Gasteiger partial charge in [0.15, 0.2) is 0 Å². The van der Waals surface area contributed by atoms with Crippen LogP contribution in [0.3, 0.4) is 0 Å². The van der Waals surface area contributed by atoms with Gasteiger partial charge in [-0.05, 0) is 61.7 Å². The molecule has 0 saturated carbocycles. The molecule has 1 unspecified atom stereocenters. The topological polar surface area (TPSA) is 60.5 Å². The van der Waals surface area contributed by atoms with Gasteiger partial charge in [0.25, 0.3) is 5.91 Å². The number of aryl methyl sites for hydroxylation is 1. The monoisotopic (exact) mass is 418 g/mol. The number of ether oxygens (including phenoxy) is 2. The van der Waals surface area contributed by atoms with Crippen LogP contribution in [0.1, 0.15) is 54.0 Å². The van der Waals surface area contributed by atoms with Crippen LogP contribution in [0.5, 0.6) is 11.5 Å². The van der Waals surface area contributed by atoms with Crippen molar-refractivity contribution in [1.82, 2.24) is 4.98 Å². The lowest BCUT2D eigenvalue weighted by molar-refractivity contribution is 0.102. The van der Waals surface area contributed by atoms with E-state index in [1.165, 1.54) is 5.56 Å². The molecular formula is C26H30N2O3. The molecule has 0 saturated heterocycles. The number of anilines is 1. The summed E-state index contributed by atoms with van der Waals surface area (Å²) in [6.07, 6.45) is 0.785. The average molecular weight is 419 g/mol. The number of nitrogens with one attached hydrogen (secondary N) is 1. The Labute approximate surface area is 184 Å². The van der Waals surface area contributed by atoms with E-state index in [0.717, 1.165) is 11.4 Å². The molecule has 1 amide bonds. The van der Waals surface area contributed by atoms with Crippen molar-refractivity contribution in [2.24, 2.45) is 0 Å². The van der Waals surface area contributed by atoms with Gasteiger partial charge in [0.2, 0.25) is 0 Å².